The summed E-state index contributed by atoms with van der Waals surface area (Å²) in [5.74, 6) is 1.14. The highest BCUT2D eigenvalue weighted by Crippen LogP contribution is 2.26. The maximum atomic E-state index is 9.75. The lowest BCUT2D eigenvalue weighted by Crippen LogP contribution is -1.96. The third kappa shape index (κ3) is 3.36. The van der Waals surface area contributed by atoms with Gasteiger partial charge in [0.05, 0.1) is 12.8 Å². The molecule has 0 fully saturated rings. The molecule has 3 aromatic rings. The van der Waals surface area contributed by atoms with Gasteiger partial charge in [-0.25, -0.2) is 5.10 Å². The van der Waals surface area contributed by atoms with Crippen LogP contribution in [0.15, 0.2) is 53.6 Å². The number of aromatic hydroxyl groups is 1. The number of benzene rings is 2. The van der Waals surface area contributed by atoms with Gasteiger partial charge in [0.1, 0.15) is 0 Å². The minimum absolute atomic E-state index is 0.0962. The second-order valence-corrected chi connectivity index (χ2v) is 5.32. The Morgan fingerprint density at radius 1 is 1.29 bits per heavy atom. The van der Waals surface area contributed by atoms with Crippen LogP contribution in [0.2, 0.25) is 0 Å². The number of rotatable bonds is 5. The smallest absolute Gasteiger partial charge is 0.216 e. The molecule has 0 aliphatic carbocycles. The summed E-state index contributed by atoms with van der Waals surface area (Å²) >= 11 is 5.24. The molecule has 0 aliphatic heterocycles. The molecule has 24 heavy (non-hydrogen) atoms. The van der Waals surface area contributed by atoms with Crippen LogP contribution in [0.5, 0.6) is 11.5 Å². The molecule has 2 N–H and O–H groups in total. The quantitative estimate of drug-likeness (QED) is 0.550. The molecular weight excluding hydrogens is 324 g/mol. The zero-order valence-electron chi connectivity index (χ0n) is 13.0. The minimum Gasteiger partial charge on any atom is -0.504 e. The van der Waals surface area contributed by atoms with Gasteiger partial charge in [-0.1, -0.05) is 30.3 Å². The van der Waals surface area contributed by atoms with Crippen LogP contribution in [0, 0.1) is 4.77 Å². The summed E-state index contributed by atoms with van der Waals surface area (Å²) in [5, 5.41) is 21.1. The van der Waals surface area contributed by atoms with Gasteiger partial charge in [0, 0.05) is 5.56 Å². The zero-order chi connectivity index (χ0) is 16.9. The van der Waals surface area contributed by atoms with E-state index in [1.54, 1.807) is 29.1 Å². The summed E-state index contributed by atoms with van der Waals surface area (Å²) in [5.41, 5.74) is 1.68. The van der Waals surface area contributed by atoms with Crippen molar-refractivity contribution in [1.29, 1.82) is 0 Å². The van der Waals surface area contributed by atoms with E-state index in [0.717, 1.165) is 11.1 Å². The fourth-order valence-corrected chi connectivity index (χ4v) is 2.36. The van der Waals surface area contributed by atoms with Crippen molar-refractivity contribution in [1.82, 2.24) is 14.9 Å². The van der Waals surface area contributed by atoms with E-state index in [-0.39, 0.29) is 5.75 Å². The molecular formula is C17H16N4O2S. The molecule has 0 radical (unpaired) electrons. The molecule has 6 nitrogen and oxygen atoms in total. The number of hydrogen-bond donors (Lipinski definition) is 2. The van der Waals surface area contributed by atoms with E-state index in [0.29, 0.717) is 23.0 Å². The Morgan fingerprint density at radius 3 is 2.83 bits per heavy atom. The Balaban J connectivity index is 1.95. The number of phenols is 1. The molecule has 1 heterocycles. The predicted octanol–water partition coefficient (Wildman–Crippen LogP) is 3.59. The predicted molar refractivity (Wildman–Crippen MR) is 95.1 cm³/mol. The second kappa shape index (κ2) is 7.10. The van der Waals surface area contributed by atoms with Gasteiger partial charge < -0.3 is 9.84 Å². The summed E-state index contributed by atoms with van der Waals surface area (Å²) in [6, 6.07) is 14.7. The third-order valence-electron chi connectivity index (χ3n) is 3.29. The largest absolute Gasteiger partial charge is 0.504 e. The lowest BCUT2D eigenvalue weighted by atomic mass is 10.2. The maximum Gasteiger partial charge on any atom is 0.216 e. The van der Waals surface area contributed by atoms with Gasteiger partial charge in [-0.2, -0.15) is 14.9 Å². The molecule has 0 amide bonds. The van der Waals surface area contributed by atoms with E-state index in [1.165, 1.54) is 0 Å². The van der Waals surface area contributed by atoms with Crippen molar-refractivity contribution in [3.8, 4) is 22.9 Å². The van der Waals surface area contributed by atoms with Crippen molar-refractivity contribution in [2.24, 2.45) is 5.10 Å². The number of phenolic OH excluding ortho intramolecular Hbond substituents is 1. The van der Waals surface area contributed by atoms with E-state index >= 15 is 0 Å². The van der Waals surface area contributed by atoms with Crippen LogP contribution in [0.4, 0.5) is 0 Å². The fourth-order valence-electron chi connectivity index (χ4n) is 2.18. The van der Waals surface area contributed by atoms with E-state index in [4.69, 9.17) is 17.0 Å². The third-order valence-corrected chi connectivity index (χ3v) is 3.55. The Labute approximate surface area is 144 Å². The summed E-state index contributed by atoms with van der Waals surface area (Å²) in [6.45, 7) is 2.33. The van der Waals surface area contributed by atoms with E-state index < -0.39 is 0 Å². The molecule has 7 heteroatoms. The van der Waals surface area contributed by atoms with E-state index in [9.17, 15) is 5.11 Å². The van der Waals surface area contributed by atoms with Crippen molar-refractivity contribution in [3.63, 3.8) is 0 Å². The van der Waals surface area contributed by atoms with Crippen molar-refractivity contribution < 1.29 is 9.84 Å². The first kappa shape index (κ1) is 15.9. The van der Waals surface area contributed by atoms with Crippen LogP contribution < -0.4 is 4.74 Å². The van der Waals surface area contributed by atoms with Crippen LogP contribution >= 0.6 is 12.2 Å². The topological polar surface area (TPSA) is 75.4 Å². The molecule has 0 unspecified atom stereocenters. The lowest BCUT2D eigenvalue weighted by molar-refractivity contribution is 0.318. The Kier molecular flexibility index (Phi) is 4.72. The first-order valence-corrected chi connectivity index (χ1v) is 7.83. The Morgan fingerprint density at radius 2 is 2.08 bits per heavy atom. The van der Waals surface area contributed by atoms with Gasteiger partial charge >= 0.3 is 0 Å². The second-order valence-electron chi connectivity index (χ2n) is 4.93. The van der Waals surface area contributed by atoms with Gasteiger partial charge in [-0.3, -0.25) is 0 Å². The molecule has 122 valence electrons. The SMILES string of the molecule is CCOc1cc(C=Nn2c(-c3ccccc3)n[nH]c2=S)ccc1O. The summed E-state index contributed by atoms with van der Waals surface area (Å²) < 4.78 is 7.32. The highest BCUT2D eigenvalue weighted by molar-refractivity contribution is 7.71. The molecule has 0 aliphatic rings. The highest BCUT2D eigenvalue weighted by atomic mass is 32.1. The first-order valence-electron chi connectivity index (χ1n) is 7.42. The molecule has 2 aromatic carbocycles. The van der Waals surface area contributed by atoms with Crippen molar-refractivity contribution >= 4 is 18.4 Å². The number of aromatic amines is 1. The number of ether oxygens (including phenoxy) is 1. The molecule has 0 bridgehead atoms. The van der Waals surface area contributed by atoms with Crippen molar-refractivity contribution in [3.05, 3.63) is 58.9 Å². The molecule has 0 spiro atoms. The number of aromatic nitrogens is 3. The molecule has 1 aromatic heterocycles. The van der Waals surface area contributed by atoms with E-state index in [2.05, 4.69) is 15.3 Å². The summed E-state index contributed by atoms with van der Waals surface area (Å²) in [6.07, 6.45) is 1.64. The van der Waals surface area contributed by atoms with Crippen molar-refractivity contribution in [2.45, 2.75) is 6.92 Å². The number of nitrogens with zero attached hydrogens (tertiary/aromatic N) is 3. The fraction of sp³-hybridized carbons (Fsp3) is 0.118. The number of H-pyrrole nitrogens is 1. The first-order chi connectivity index (χ1) is 11.7. The van der Waals surface area contributed by atoms with Gasteiger partial charge in [0.25, 0.3) is 0 Å². The van der Waals surface area contributed by atoms with Crippen LogP contribution in [0.3, 0.4) is 0 Å². The lowest BCUT2D eigenvalue weighted by Gasteiger charge is -2.06. The monoisotopic (exact) mass is 340 g/mol. The summed E-state index contributed by atoms with van der Waals surface area (Å²) in [4.78, 5) is 0. The molecule has 0 saturated carbocycles. The Hall–Kier alpha value is -2.93. The average molecular weight is 340 g/mol. The minimum atomic E-state index is 0.0962. The highest BCUT2D eigenvalue weighted by Gasteiger charge is 2.07. The van der Waals surface area contributed by atoms with Crippen molar-refractivity contribution in [2.75, 3.05) is 6.61 Å². The average Bonchev–Trinajstić information content (AvgIpc) is 2.97. The normalized spacial score (nSPS) is 11.0. The van der Waals surface area contributed by atoms with Gasteiger partial charge in [0.15, 0.2) is 17.3 Å². The van der Waals surface area contributed by atoms with Crippen LogP contribution in [0.1, 0.15) is 12.5 Å². The Bertz CT molecular complexity index is 916. The molecule has 0 atom stereocenters. The van der Waals surface area contributed by atoms with Gasteiger partial charge in [0.2, 0.25) is 4.77 Å². The van der Waals surface area contributed by atoms with Crippen LogP contribution in [-0.4, -0.2) is 32.8 Å². The zero-order valence-corrected chi connectivity index (χ0v) is 13.8. The summed E-state index contributed by atoms with van der Waals surface area (Å²) in [7, 11) is 0. The van der Waals surface area contributed by atoms with Crippen LogP contribution in [0.25, 0.3) is 11.4 Å². The number of hydrogen-bond acceptors (Lipinski definition) is 5. The standard InChI is InChI=1S/C17H16N4O2S/c1-2-23-15-10-12(8-9-14(15)22)11-18-21-16(19-20-17(21)24)13-6-4-3-5-7-13/h3-11,22H,2H2,1H3,(H,20,24). The van der Waals surface area contributed by atoms with Gasteiger partial charge in [-0.15, -0.1) is 0 Å². The molecule has 0 saturated heterocycles. The molecule has 3 rings (SSSR count). The number of nitrogens with one attached hydrogen (secondary N) is 1. The van der Waals surface area contributed by atoms with Gasteiger partial charge in [-0.05, 0) is 42.9 Å². The van der Waals surface area contributed by atoms with Crippen LogP contribution in [-0.2, 0) is 0 Å². The maximum absolute atomic E-state index is 9.75. The van der Waals surface area contributed by atoms with E-state index in [1.807, 2.05) is 37.3 Å².